The maximum absolute atomic E-state index is 13.1. The van der Waals surface area contributed by atoms with Crippen LogP contribution in [0, 0.1) is 0 Å². The molecule has 0 radical (unpaired) electrons. The number of nitrogens with one attached hydrogen (secondary N) is 2. The number of carbonyl (C=O) groups excluding carboxylic acids is 1. The predicted octanol–water partition coefficient (Wildman–Crippen LogP) is 7.96. The van der Waals surface area contributed by atoms with E-state index < -0.39 is 5.91 Å². The summed E-state index contributed by atoms with van der Waals surface area (Å²) in [5.74, 6) is 0.0907. The molecule has 7 rings (SSSR count). The van der Waals surface area contributed by atoms with Crippen molar-refractivity contribution in [1.82, 2.24) is 24.3 Å². The lowest BCUT2D eigenvalue weighted by atomic mass is 10.1. The van der Waals surface area contributed by atoms with E-state index >= 15 is 0 Å². The van der Waals surface area contributed by atoms with Gasteiger partial charge in [0.15, 0.2) is 4.96 Å². The third kappa shape index (κ3) is 6.17. The molecular formula is C34H30Cl2N8OS. The third-order valence-electron chi connectivity index (χ3n) is 8.05. The number of aromatic nitrogens is 4. The summed E-state index contributed by atoms with van der Waals surface area (Å²) in [6.07, 6.45) is 3.72. The molecule has 0 spiro atoms. The van der Waals surface area contributed by atoms with Crippen LogP contribution in [0.25, 0.3) is 27.6 Å². The summed E-state index contributed by atoms with van der Waals surface area (Å²) in [7, 11) is 0. The van der Waals surface area contributed by atoms with E-state index in [1.165, 1.54) is 17.0 Å². The van der Waals surface area contributed by atoms with Gasteiger partial charge in [-0.25, -0.2) is 15.0 Å². The SMILES string of the molecule is CCN1CCN(c2ccc(Nc3nccc(-c4c(-c5cccc(NC(=O)c6c(Cl)cccc6Cl)c5)nc5sccn45)n3)cc2)CC1. The van der Waals surface area contributed by atoms with Crippen molar-refractivity contribution in [2.75, 3.05) is 48.3 Å². The highest BCUT2D eigenvalue weighted by Gasteiger charge is 2.21. The number of halogens is 2. The number of fused-ring (bicyclic) bond motifs is 1. The standard InChI is InChI=1S/C34H30Cl2N8OS/c1-2-42-15-17-43(18-16-42)25-11-9-23(10-12-25)39-33-37-14-13-28(40-33)31-30(41-34-44(31)19-20-46-34)22-5-3-6-24(21-22)38-32(45)29-26(35)7-4-8-27(29)36/h3-14,19-21H,2,15-18H2,1H3,(H,38,45)(H,37,39,40). The highest BCUT2D eigenvalue weighted by Crippen LogP contribution is 2.35. The maximum atomic E-state index is 13.1. The van der Waals surface area contributed by atoms with Gasteiger partial charge in [-0.3, -0.25) is 9.20 Å². The number of benzene rings is 3. The van der Waals surface area contributed by atoms with Crippen LogP contribution in [0.1, 0.15) is 17.3 Å². The molecule has 3 aromatic carbocycles. The fourth-order valence-corrected chi connectivity index (χ4v) is 6.93. The van der Waals surface area contributed by atoms with Crippen molar-refractivity contribution in [3.8, 4) is 22.6 Å². The van der Waals surface area contributed by atoms with Crippen molar-refractivity contribution in [3.63, 3.8) is 0 Å². The van der Waals surface area contributed by atoms with Crippen molar-refractivity contribution in [3.05, 3.63) is 106 Å². The van der Waals surface area contributed by atoms with Crippen molar-refractivity contribution in [2.24, 2.45) is 0 Å². The second-order valence-electron chi connectivity index (χ2n) is 10.9. The van der Waals surface area contributed by atoms with Crippen LogP contribution in [0.4, 0.5) is 23.0 Å². The quantitative estimate of drug-likeness (QED) is 0.170. The number of amides is 1. The Bertz CT molecular complexity index is 2000. The normalized spacial score (nSPS) is 13.7. The van der Waals surface area contributed by atoms with Gasteiger partial charge >= 0.3 is 0 Å². The van der Waals surface area contributed by atoms with Gasteiger partial charge in [-0.2, -0.15) is 0 Å². The lowest BCUT2D eigenvalue weighted by Gasteiger charge is -2.35. The van der Waals surface area contributed by atoms with E-state index in [0.717, 1.165) is 60.3 Å². The molecule has 0 atom stereocenters. The monoisotopic (exact) mass is 668 g/mol. The number of piperazine rings is 1. The van der Waals surface area contributed by atoms with Gasteiger partial charge < -0.3 is 20.4 Å². The topological polar surface area (TPSA) is 90.7 Å². The first-order chi connectivity index (χ1) is 22.5. The van der Waals surface area contributed by atoms with Gasteiger partial charge in [-0.1, -0.05) is 48.3 Å². The summed E-state index contributed by atoms with van der Waals surface area (Å²) in [6, 6.07) is 22.8. The Hall–Kier alpha value is -4.48. The smallest absolute Gasteiger partial charge is 0.258 e. The van der Waals surface area contributed by atoms with E-state index in [9.17, 15) is 4.79 Å². The molecule has 0 saturated carbocycles. The zero-order valence-electron chi connectivity index (χ0n) is 25.0. The zero-order valence-corrected chi connectivity index (χ0v) is 27.3. The van der Waals surface area contributed by atoms with E-state index in [4.69, 9.17) is 33.2 Å². The van der Waals surface area contributed by atoms with Crippen LogP contribution in [0.3, 0.4) is 0 Å². The van der Waals surface area contributed by atoms with Gasteiger partial charge in [0.25, 0.3) is 5.91 Å². The summed E-state index contributed by atoms with van der Waals surface area (Å²) in [5, 5.41) is 8.84. The number of anilines is 4. The first-order valence-corrected chi connectivity index (χ1v) is 16.6. The van der Waals surface area contributed by atoms with Crippen molar-refractivity contribution >= 4 is 68.4 Å². The average Bonchev–Trinajstić information content (AvgIpc) is 3.67. The van der Waals surface area contributed by atoms with Gasteiger partial charge in [0.2, 0.25) is 5.95 Å². The molecule has 3 aromatic heterocycles. The minimum Gasteiger partial charge on any atom is -0.369 e. The molecule has 232 valence electrons. The van der Waals surface area contributed by atoms with Crippen LogP contribution in [0.5, 0.6) is 0 Å². The molecular weight excluding hydrogens is 639 g/mol. The van der Waals surface area contributed by atoms with E-state index in [0.29, 0.717) is 17.3 Å². The lowest BCUT2D eigenvalue weighted by molar-refractivity contribution is 0.102. The van der Waals surface area contributed by atoms with Crippen LogP contribution in [-0.2, 0) is 0 Å². The number of imidazole rings is 1. The number of hydrogen-bond acceptors (Lipinski definition) is 8. The van der Waals surface area contributed by atoms with Gasteiger partial charge in [0.05, 0.1) is 27.0 Å². The van der Waals surface area contributed by atoms with E-state index in [1.807, 2.05) is 46.3 Å². The van der Waals surface area contributed by atoms with Crippen LogP contribution < -0.4 is 15.5 Å². The van der Waals surface area contributed by atoms with E-state index in [1.54, 1.807) is 24.4 Å². The molecule has 1 aliphatic rings. The first kappa shape index (κ1) is 30.2. The van der Waals surface area contributed by atoms with Crippen LogP contribution >= 0.6 is 34.5 Å². The van der Waals surface area contributed by atoms with Gasteiger partial charge in [0, 0.05) is 66.6 Å². The van der Waals surface area contributed by atoms with E-state index in [-0.39, 0.29) is 15.6 Å². The zero-order chi connectivity index (χ0) is 31.6. The lowest BCUT2D eigenvalue weighted by Crippen LogP contribution is -2.46. The Morgan fingerprint density at radius 3 is 2.43 bits per heavy atom. The minimum absolute atomic E-state index is 0.227. The number of thiazole rings is 1. The summed E-state index contributed by atoms with van der Waals surface area (Å²) >= 11 is 14.1. The largest absolute Gasteiger partial charge is 0.369 e. The van der Waals surface area contributed by atoms with Gasteiger partial charge in [-0.15, -0.1) is 11.3 Å². The molecule has 9 nitrogen and oxygen atoms in total. The second kappa shape index (κ2) is 13.1. The molecule has 0 unspecified atom stereocenters. The van der Waals surface area contributed by atoms with Crippen molar-refractivity contribution < 1.29 is 4.79 Å². The Kier molecular flexibility index (Phi) is 8.59. The van der Waals surface area contributed by atoms with E-state index in [2.05, 4.69) is 56.6 Å². The highest BCUT2D eigenvalue weighted by atomic mass is 35.5. The predicted molar refractivity (Wildman–Crippen MR) is 188 cm³/mol. The summed E-state index contributed by atoms with van der Waals surface area (Å²) in [5.41, 5.74) is 6.01. The highest BCUT2D eigenvalue weighted by molar-refractivity contribution is 7.15. The molecule has 46 heavy (non-hydrogen) atoms. The Balaban J connectivity index is 1.14. The number of hydrogen-bond donors (Lipinski definition) is 2. The third-order valence-corrected chi connectivity index (χ3v) is 9.44. The Labute approximate surface area is 280 Å². The number of likely N-dealkylation sites (N-methyl/N-ethyl adjacent to an activating group) is 1. The minimum atomic E-state index is -0.391. The molecule has 4 heterocycles. The fraction of sp³-hybridized carbons (Fsp3) is 0.176. The molecule has 6 aromatic rings. The fourth-order valence-electron chi connectivity index (χ4n) is 5.64. The van der Waals surface area contributed by atoms with Crippen LogP contribution in [0.2, 0.25) is 10.0 Å². The van der Waals surface area contributed by atoms with Gasteiger partial charge in [-0.05, 0) is 61.1 Å². The second-order valence-corrected chi connectivity index (χ2v) is 12.5. The Morgan fingerprint density at radius 1 is 0.913 bits per heavy atom. The summed E-state index contributed by atoms with van der Waals surface area (Å²) in [4.78, 5) is 33.1. The summed E-state index contributed by atoms with van der Waals surface area (Å²) in [6.45, 7) is 7.54. The van der Waals surface area contributed by atoms with Gasteiger partial charge in [0.1, 0.15) is 5.69 Å². The van der Waals surface area contributed by atoms with Crippen molar-refractivity contribution in [1.29, 1.82) is 0 Å². The molecule has 0 bridgehead atoms. The number of rotatable bonds is 8. The molecule has 12 heteroatoms. The number of carbonyl (C=O) groups is 1. The Morgan fingerprint density at radius 2 is 1.67 bits per heavy atom. The van der Waals surface area contributed by atoms with Crippen LogP contribution in [-0.4, -0.2) is 62.9 Å². The number of nitrogens with zero attached hydrogens (tertiary/aromatic N) is 6. The molecule has 2 N–H and O–H groups in total. The average molecular weight is 670 g/mol. The van der Waals surface area contributed by atoms with Crippen molar-refractivity contribution in [2.45, 2.75) is 6.92 Å². The molecule has 0 aliphatic carbocycles. The molecule has 1 aliphatic heterocycles. The maximum Gasteiger partial charge on any atom is 0.258 e. The molecule has 1 fully saturated rings. The van der Waals surface area contributed by atoms with Crippen LogP contribution in [0.15, 0.2) is 90.6 Å². The molecule has 1 saturated heterocycles. The summed E-state index contributed by atoms with van der Waals surface area (Å²) < 4.78 is 2.02. The first-order valence-electron chi connectivity index (χ1n) is 15.0. The molecule has 1 amide bonds.